The first-order valence-electron chi connectivity index (χ1n) is 6.17. The predicted molar refractivity (Wildman–Crippen MR) is 82.0 cm³/mol. The van der Waals surface area contributed by atoms with Crippen LogP contribution in [0.4, 0.5) is 0 Å². The molecule has 112 valence electrons. The van der Waals surface area contributed by atoms with Crippen molar-refractivity contribution in [1.82, 2.24) is 4.98 Å². The predicted octanol–water partition coefficient (Wildman–Crippen LogP) is 2.65. The molecule has 21 heavy (non-hydrogen) atoms. The maximum atomic E-state index is 11.0. The van der Waals surface area contributed by atoms with Gasteiger partial charge in [-0.2, -0.15) is 0 Å². The highest BCUT2D eigenvalue weighted by Gasteiger charge is 2.16. The molecule has 0 aliphatic rings. The number of methoxy groups -OCH3 is 1. The van der Waals surface area contributed by atoms with Crippen LogP contribution in [0.5, 0.6) is 11.5 Å². The molecule has 0 fully saturated rings. The number of aromatic carboxylic acids is 1. The average molecular weight is 371 g/mol. The van der Waals surface area contributed by atoms with Gasteiger partial charge in [-0.1, -0.05) is 0 Å². The SMILES string of the molecule is CCOc1c(Br)cc(-c2nc(C)c(C(=O)[O-])s2)cc1OC. The third-order valence-electron chi connectivity index (χ3n) is 2.75. The summed E-state index contributed by atoms with van der Waals surface area (Å²) < 4.78 is 11.6. The van der Waals surface area contributed by atoms with Crippen LogP contribution in [0.1, 0.15) is 22.3 Å². The monoisotopic (exact) mass is 370 g/mol. The average Bonchev–Trinajstić information content (AvgIpc) is 2.83. The fourth-order valence-electron chi connectivity index (χ4n) is 1.84. The number of ether oxygens (including phenoxy) is 2. The molecule has 0 unspecified atom stereocenters. The Labute approximate surface area is 134 Å². The van der Waals surface area contributed by atoms with E-state index < -0.39 is 5.97 Å². The molecule has 0 saturated carbocycles. The van der Waals surface area contributed by atoms with Crippen molar-refractivity contribution in [2.45, 2.75) is 13.8 Å². The van der Waals surface area contributed by atoms with E-state index in [1.807, 2.05) is 13.0 Å². The van der Waals surface area contributed by atoms with Crippen molar-refractivity contribution >= 4 is 33.2 Å². The van der Waals surface area contributed by atoms with Crippen molar-refractivity contribution < 1.29 is 19.4 Å². The van der Waals surface area contributed by atoms with Crippen LogP contribution < -0.4 is 14.6 Å². The minimum Gasteiger partial charge on any atom is -0.544 e. The zero-order valence-corrected chi connectivity index (χ0v) is 14.1. The van der Waals surface area contributed by atoms with E-state index in [0.29, 0.717) is 28.8 Å². The highest BCUT2D eigenvalue weighted by atomic mass is 79.9. The molecule has 5 nitrogen and oxygen atoms in total. The van der Waals surface area contributed by atoms with Gasteiger partial charge < -0.3 is 19.4 Å². The number of rotatable bonds is 5. The number of hydrogen-bond acceptors (Lipinski definition) is 6. The van der Waals surface area contributed by atoms with Gasteiger partial charge in [0, 0.05) is 5.56 Å². The molecule has 1 heterocycles. The lowest BCUT2D eigenvalue weighted by molar-refractivity contribution is -0.254. The maximum Gasteiger partial charge on any atom is 0.175 e. The van der Waals surface area contributed by atoms with Gasteiger partial charge in [-0.05, 0) is 41.9 Å². The van der Waals surface area contributed by atoms with Crippen LogP contribution in [-0.2, 0) is 0 Å². The van der Waals surface area contributed by atoms with E-state index in [0.717, 1.165) is 21.4 Å². The van der Waals surface area contributed by atoms with E-state index >= 15 is 0 Å². The van der Waals surface area contributed by atoms with Gasteiger partial charge >= 0.3 is 0 Å². The zero-order chi connectivity index (χ0) is 15.6. The number of benzene rings is 1. The van der Waals surface area contributed by atoms with E-state index in [-0.39, 0.29) is 4.88 Å². The number of hydrogen-bond donors (Lipinski definition) is 0. The summed E-state index contributed by atoms with van der Waals surface area (Å²) in [6, 6.07) is 3.60. The van der Waals surface area contributed by atoms with Crippen LogP contribution >= 0.6 is 27.3 Å². The van der Waals surface area contributed by atoms with Gasteiger partial charge in [-0.25, -0.2) is 4.98 Å². The number of aromatic nitrogens is 1. The number of aryl methyl sites for hydroxylation is 1. The van der Waals surface area contributed by atoms with Gasteiger partial charge in [0.25, 0.3) is 0 Å². The summed E-state index contributed by atoms with van der Waals surface area (Å²) in [5, 5.41) is 11.6. The molecule has 0 N–H and O–H groups in total. The molecule has 0 radical (unpaired) electrons. The largest absolute Gasteiger partial charge is 0.544 e. The lowest BCUT2D eigenvalue weighted by Crippen LogP contribution is -2.21. The second-order valence-corrected chi connectivity index (χ2v) is 6.00. The van der Waals surface area contributed by atoms with Gasteiger partial charge in [0.15, 0.2) is 11.5 Å². The molecule has 0 atom stereocenters. The molecule has 1 aromatic carbocycles. The second kappa shape index (κ2) is 6.44. The Bertz CT molecular complexity index is 684. The zero-order valence-electron chi connectivity index (χ0n) is 11.7. The topological polar surface area (TPSA) is 71.5 Å². The third kappa shape index (κ3) is 3.19. The van der Waals surface area contributed by atoms with Gasteiger partial charge in [0.05, 0.1) is 34.7 Å². The number of carbonyl (C=O) groups is 1. The molecule has 0 bridgehead atoms. The minimum absolute atomic E-state index is 0.133. The highest BCUT2D eigenvalue weighted by Crippen LogP contribution is 2.40. The van der Waals surface area contributed by atoms with Crippen LogP contribution in [0.25, 0.3) is 10.6 Å². The molecule has 1 aromatic heterocycles. The van der Waals surface area contributed by atoms with Crippen molar-refractivity contribution in [1.29, 1.82) is 0 Å². The fraction of sp³-hybridized carbons (Fsp3) is 0.286. The summed E-state index contributed by atoms with van der Waals surface area (Å²) in [6.07, 6.45) is 0. The molecule has 0 saturated heterocycles. The number of nitrogens with zero attached hydrogens (tertiary/aromatic N) is 1. The number of thiazole rings is 1. The van der Waals surface area contributed by atoms with Gasteiger partial charge in [0.1, 0.15) is 5.01 Å². The first-order valence-corrected chi connectivity index (χ1v) is 7.78. The quantitative estimate of drug-likeness (QED) is 0.808. The molecular weight excluding hydrogens is 358 g/mol. The first-order chi connectivity index (χ1) is 9.97. The van der Waals surface area contributed by atoms with Crippen molar-refractivity contribution in [3.8, 4) is 22.1 Å². The molecule has 0 amide bonds. The number of halogens is 1. The van der Waals surface area contributed by atoms with E-state index in [1.165, 1.54) is 0 Å². The fourth-order valence-corrected chi connectivity index (χ4v) is 3.28. The van der Waals surface area contributed by atoms with Crippen LogP contribution in [0.15, 0.2) is 16.6 Å². The standard InChI is InChI=1S/C14H14BrNO4S/c1-4-20-11-9(15)5-8(6-10(11)19-3)13-16-7(2)12(21-13)14(17)18/h5-6H,4H2,1-3H3,(H,17,18)/p-1. The van der Waals surface area contributed by atoms with Crippen molar-refractivity contribution in [2.24, 2.45) is 0 Å². The molecule has 0 aliphatic heterocycles. The third-order valence-corrected chi connectivity index (χ3v) is 4.52. The maximum absolute atomic E-state index is 11.0. The Kier molecular flexibility index (Phi) is 4.84. The number of carboxylic acids is 1. The Hall–Kier alpha value is -1.60. The Morgan fingerprint density at radius 2 is 2.19 bits per heavy atom. The number of carboxylic acid groups (broad SMARTS) is 1. The van der Waals surface area contributed by atoms with Crippen LogP contribution in [0.3, 0.4) is 0 Å². The van der Waals surface area contributed by atoms with Gasteiger partial charge in [-0.3, -0.25) is 0 Å². The smallest absolute Gasteiger partial charge is 0.175 e. The Morgan fingerprint density at radius 1 is 1.48 bits per heavy atom. The molecule has 7 heteroatoms. The van der Waals surface area contributed by atoms with Gasteiger partial charge in [0.2, 0.25) is 0 Å². The summed E-state index contributed by atoms with van der Waals surface area (Å²) in [5.74, 6) is -0.0468. The minimum atomic E-state index is -1.21. The second-order valence-electron chi connectivity index (χ2n) is 4.14. The molecule has 0 spiro atoms. The Balaban J connectivity index is 2.52. The van der Waals surface area contributed by atoms with Crippen LogP contribution in [0.2, 0.25) is 0 Å². The first kappa shape index (κ1) is 15.8. The van der Waals surface area contributed by atoms with Crippen molar-refractivity contribution in [2.75, 3.05) is 13.7 Å². The van der Waals surface area contributed by atoms with Crippen molar-refractivity contribution in [3.63, 3.8) is 0 Å². The number of carbonyl (C=O) groups excluding carboxylic acids is 1. The molecular formula is C14H13BrNO4S-. The van der Waals surface area contributed by atoms with Gasteiger partial charge in [-0.15, -0.1) is 11.3 Å². The van der Waals surface area contributed by atoms with Crippen LogP contribution in [-0.4, -0.2) is 24.7 Å². The lowest BCUT2D eigenvalue weighted by Gasteiger charge is -2.12. The summed E-state index contributed by atoms with van der Waals surface area (Å²) in [5.41, 5.74) is 1.20. The summed E-state index contributed by atoms with van der Waals surface area (Å²) in [4.78, 5) is 15.4. The van der Waals surface area contributed by atoms with E-state index in [9.17, 15) is 9.90 Å². The van der Waals surface area contributed by atoms with Crippen molar-refractivity contribution in [3.05, 3.63) is 27.2 Å². The summed E-state index contributed by atoms with van der Waals surface area (Å²) in [6.45, 7) is 4.04. The van der Waals surface area contributed by atoms with E-state index in [1.54, 1.807) is 20.1 Å². The molecule has 0 aliphatic carbocycles. The van der Waals surface area contributed by atoms with Crippen LogP contribution in [0, 0.1) is 6.92 Å². The van der Waals surface area contributed by atoms with E-state index in [2.05, 4.69) is 20.9 Å². The molecule has 2 aromatic rings. The highest BCUT2D eigenvalue weighted by molar-refractivity contribution is 9.10. The Morgan fingerprint density at radius 3 is 2.71 bits per heavy atom. The lowest BCUT2D eigenvalue weighted by atomic mass is 10.2. The normalized spacial score (nSPS) is 10.5. The summed E-state index contributed by atoms with van der Waals surface area (Å²) in [7, 11) is 1.55. The van der Waals surface area contributed by atoms with E-state index in [4.69, 9.17) is 9.47 Å². The summed E-state index contributed by atoms with van der Waals surface area (Å²) >= 11 is 4.51. The molecule has 2 rings (SSSR count).